The molecule has 0 amide bonds. The highest BCUT2D eigenvalue weighted by Gasteiger charge is 2.11. The Bertz CT molecular complexity index is 1070. The minimum Gasteiger partial charge on any atom is -0.494 e. The number of nitrogens with zero attached hydrogens (tertiary/aromatic N) is 2. The standard InChI is InChI=1S/C24H23ClN2O/c1-18-6-4-7-21(16-18)28-15-5-14-27-23-9-3-2-8-22(23)26-24(27)17-19-10-12-20(25)13-11-19/h2-4,6-13,16H,5,14-15,17H2,1H3. The molecule has 4 rings (SSSR count). The second-order valence-corrected chi connectivity index (χ2v) is 7.43. The summed E-state index contributed by atoms with van der Waals surface area (Å²) >= 11 is 6.02. The number of imidazole rings is 1. The highest BCUT2D eigenvalue weighted by molar-refractivity contribution is 6.30. The molecule has 3 aromatic carbocycles. The fraction of sp³-hybridized carbons (Fsp3) is 0.208. The maximum Gasteiger partial charge on any atom is 0.119 e. The fourth-order valence-corrected chi connectivity index (χ4v) is 3.54. The molecule has 0 bridgehead atoms. The quantitative estimate of drug-likeness (QED) is 0.359. The number of hydrogen-bond acceptors (Lipinski definition) is 2. The number of aryl methyl sites for hydroxylation is 2. The molecule has 0 unspecified atom stereocenters. The van der Waals surface area contributed by atoms with E-state index in [9.17, 15) is 0 Å². The van der Waals surface area contributed by atoms with E-state index in [2.05, 4.69) is 54.0 Å². The molecule has 1 aromatic heterocycles. The van der Waals surface area contributed by atoms with Crippen LogP contribution < -0.4 is 4.74 Å². The minimum absolute atomic E-state index is 0.677. The van der Waals surface area contributed by atoms with Crippen LogP contribution in [0.1, 0.15) is 23.4 Å². The monoisotopic (exact) mass is 390 g/mol. The molecule has 1 heterocycles. The van der Waals surface area contributed by atoms with E-state index >= 15 is 0 Å². The lowest BCUT2D eigenvalue weighted by Crippen LogP contribution is -2.08. The molecule has 0 aliphatic heterocycles. The van der Waals surface area contributed by atoms with E-state index in [-0.39, 0.29) is 0 Å². The summed E-state index contributed by atoms with van der Waals surface area (Å²) in [5.41, 5.74) is 4.62. The van der Waals surface area contributed by atoms with Crippen LogP contribution >= 0.6 is 11.6 Å². The number of benzene rings is 3. The summed E-state index contributed by atoms with van der Waals surface area (Å²) in [5.74, 6) is 2.00. The van der Waals surface area contributed by atoms with Crippen molar-refractivity contribution in [2.24, 2.45) is 0 Å². The van der Waals surface area contributed by atoms with Crippen LogP contribution in [0.3, 0.4) is 0 Å². The molecular formula is C24H23ClN2O. The number of para-hydroxylation sites is 2. The summed E-state index contributed by atoms with van der Waals surface area (Å²) in [4.78, 5) is 4.87. The Morgan fingerprint density at radius 1 is 0.964 bits per heavy atom. The van der Waals surface area contributed by atoms with Gasteiger partial charge in [0.1, 0.15) is 11.6 Å². The Morgan fingerprint density at radius 2 is 1.79 bits per heavy atom. The van der Waals surface area contributed by atoms with Crippen LogP contribution in [-0.2, 0) is 13.0 Å². The molecule has 0 saturated heterocycles. The van der Waals surface area contributed by atoms with Crippen molar-refractivity contribution in [3.63, 3.8) is 0 Å². The Hall–Kier alpha value is -2.78. The van der Waals surface area contributed by atoms with Crippen LogP contribution in [0.2, 0.25) is 5.02 Å². The Morgan fingerprint density at radius 3 is 2.61 bits per heavy atom. The van der Waals surface area contributed by atoms with Crippen LogP contribution in [0.4, 0.5) is 0 Å². The first kappa shape index (κ1) is 18.6. The molecule has 0 aliphatic rings. The predicted molar refractivity (Wildman–Crippen MR) is 115 cm³/mol. The van der Waals surface area contributed by atoms with Gasteiger partial charge in [0.2, 0.25) is 0 Å². The largest absolute Gasteiger partial charge is 0.494 e. The first-order chi connectivity index (χ1) is 13.7. The zero-order chi connectivity index (χ0) is 19.3. The average Bonchev–Trinajstić information content (AvgIpc) is 3.04. The number of rotatable bonds is 7. The lowest BCUT2D eigenvalue weighted by atomic mass is 10.1. The molecule has 0 radical (unpaired) electrons. The summed E-state index contributed by atoms with van der Waals surface area (Å²) in [6, 6.07) is 24.5. The van der Waals surface area contributed by atoms with Crippen molar-refractivity contribution in [2.45, 2.75) is 26.3 Å². The van der Waals surface area contributed by atoms with Crippen LogP contribution in [0, 0.1) is 6.92 Å². The molecule has 0 aliphatic carbocycles. The summed E-state index contributed by atoms with van der Waals surface area (Å²) < 4.78 is 8.23. The van der Waals surface area contributed by atoms with E-state index in [1.54, 1.807) is 0 Å². The number of ether oxygens (including phenoxy) is 1. The van der Waals surface area contributed by atoms with Gasteiger partial charge in [-0.15, -0.1) is 0 Å². The molecule has 3 nitrogen and oxygen atoms in total. The van der Waals surface area contributed by atoms with Gasteiger partial charge < -0.3 is 9.30 Å². The Labute approximate surface area is 170 Å². The number of halogens is 1. The van der Waals surface area contributed by atoms with Crippen molar-refractivity contribution < 1.29 is 4.74 Å². The molecule has 0 saturated carbocycles. The predicted octanol–water partition coefficient (Wildman–Crippen LogP) is 6.06. The van der Waals surface area contributed by atoms with Crippen molar-refractivity contribution in [3.05, 3.63) is 94.8 Å². The summed E-state index contributed by atoms with van der Waals surface area (Å²) in [7, 11) is 0. The first-order valence-corrected chi connectivity index (χ1v) is 9.95. The van der Waals surface area contributed by atoms with E-state index < -0.39 is 0 Å². The van der Waals surface area contributed by atoms with Gasteiger partial charge >= 0.3 is 0 Å². The molecule has 0 fully saturated rings. The van der Waals surface area contributed by atoms with Crippen molar-refractivity contribution in [1.29, 1.82) is 0 Å². The van der Waals surface area contributed by atoms with Crippen LogP contribution in [0.5, 0.6) is 5.75 Å². The third-order valence-electron chi connectivity index (χ3n) is 4.79. The SMILES string of the molecule is Cc1cccc(OCCCn2c(Cc3ccc(Cl)cc3)nc3ccccc32)c1. The molecule has 0 atom stereocenters. The molecule has 4 aromatic rings. The molecule has 28 heavy (non-hydrogen) atoms. The molecular weight excluding hydrogens is 368 g/mol. The third kappa shape index (κ3) is 4.37. The number of hydrogen-bond donors (Lipinski definition) is 0. The first-order valence-electron chi connectivity index (χ1n) is 9.57. The summed E-state index contributed by atoms with van der Waals surface area (Å²) in [6.07, 6.45) is 1.70. The van der Waals surface area contributed by atoms with Gasteiger partial charge in [-0.25, -0.2) is 4.98 Å². The van der Waals surface area contributed by atoms with Gasteiger partial charge in [-0.2, -0.15) is 0 Å². The van der Waals surface area contributed by atoms with Gasteiger partial charge in [0.05, 0.1) is 17.6 Å². The normalized spacial score (nSPS) is 11.1. The van der Waals surface area contributed by atoms with Crippen LogP contribution in [0.25, 0.3) is 11.0 Å². The third-order valence-corrected chi connectivity index (χ3v) is 5.05. The van der Waals surface area contributed by atoms with Crippen molar-refractivity contribution >= 4 is 22.6 Å². The van der Waals surface area contributed by atoms with E-state index in [0.29, 0.717) is 6.61 Å². The van der Waals surface area contributed by atoms with E-state index in [1.165, 1.54) is 16.6 Å². The lowest BCUT2D eigenvalue weighted by Gasteiger charge is -2.11. The van der Waals surface area contributed by atoms with E-state index in [1.807, 2.05) is 30.3 Å². The smallest absolute Gasteiger partial charge is 0.119 e. The average molecular weight is 391 g/mol. The van der Waals surface area contributed by atoms with E-state index in [0.717, 1.165) is 41.5 Å². The molecule has 4 heteroatoms. The van der Waals surface area contributed by atoms with Gasteiger partial charge in [0.15, 0.2) is 0 Å². The van der Waals surface area contributed by atoms with E-state index in [4.69, 9.17) is 21.3 Å². The lowest BCUT2D eigenvalue weighted by molar-refractivity contribution is 0.301. The Balaban J connectivity index is 1.49. The van der Waals surface area contributed by atoms with Crippen molar-refractivity contribution in [1.82, 2.24) is 9.55 Å². The molecule has 142 valence electrons. The van der Waals surface area contributed by atoms with Crippen LogP contribution in [-0.4, -0.2) is 16.2 Å². The van der Waals surface area contributed by atoms with Gasteiger partial charge in [0, 0.05) is 18.0 Å². The van der Waals surface area contributed by atoms with Crippen molar-refractivity contribution in [3.8, 4) is 5.75 Å². The number of aromatic nitrogens is 2. The maximum absolute atomic E-state index is 6.02. The Kier molecular flexibility index (Phi) is 5.63. The topological polar surface area (TPSA) is 27.1 Å². The maximum atomic E-state index is 6.02. The highest BCUT2D eigenvalue weighted by Crippen LogP contribution is 2.20. The second-order valence-electron chi connectivity index (χ2n) is 6.99. The van der Waals surface area contributed by atoms with Gasteiger partial charge in [0.25, 0.3) is 0 Å². The van der Waals surface area contributed by atoms with Crippen LogP contribution in [0.15, 0.2) is 72.8 Å². The fourth-order valence-electron chi connectivity index (χ4n) is 3.41. The highest BCUT2D eigenvalue weighted by atomic mass is 35.5. The summed E-state index contributed by atoms with van der Waals surface area (Å²) in [6.45, 7) is 3.62. The molecule has 0 N–H and O–H groups in total. The molecule has 0 spiro atoms. The zero-order valence-corrected chi connectivity index (χ0v) is 16.7. The summed E-state index contributed by atoms with van der Waals surface area (Å²) in [5, 5.41) is 0.755. The minimum atomic E-state index is 0.677. The zero-order valence-electron chi connectivity index (χ0n) is 15.9. The van der Waals surface area contributed by atoms with Crippen molar-refractivity contribution in [2.75, 3.05) is 6.61 Å². The van der Waals surface area contributed by atoms with Gasteiger partial charge in [-0.1, -0.05) is 48.0 Å². The number of fused-ring (bicyclic) bond motifs is 1. The van der Waals surface area contributed by atoms with Gasteiger partial charge in [-0.05, 0) is 60.9 Å². The second kappa shape index (κ2) is 8.49. The van der Waals surface area contributed by atoms with Gasteiger partial charge in [-0.3, -0.25) is 0 Å².